The third-order valence-corrected chi connectivity index (χ3v) is 4.80. The van der Waals surface area contributed by atoms with Crippen molar-refractivity contribution in [3.05, 3.63) is 63.5 Å². The van der Waals surface area contributed by atoms with Gasteiger partial charge in [0.1, 0.15) is 6.54 Å². The second-order valence-corrected chi connectivity index (χ2v) is 6.91. The number of hydrogen-bond acceptors (Lipinski definition) is 6. The maximum atomic E-state index is 12.1. The Hall–Kier alpha value is -3.20. The standard InChI is InChI=1S/C19H21ClN6O3/c1-11-4-6-14(7-5-11)17(27)21-8-9-22-18(28)19-23-15(25-29-19)10-26-13(3)16(20)12(2)24-26/h4-7H,8-10H2,1-3H3,(H,21,27)(H,22,28). The minimum Gasteiger partial charge on any atom is -0.350 e. The van der Waals surface area contributed by atoms with Crippen molar-refractivity contribution in [2.45, 2.75) is 27.3 Å². The molecule has 0 bridgehead atoms. The maximum absolute atomic E-state index is 12.1. The summed E-state index contributed by atoms with van der Waals surface area (Å²) in [4.78, 5) is 28.2. The van der Waals surface area contributed by atoms with E-state index in [0.29, 0.717) is 22.1 Å². The van der Waals surface area contributed by atoms with Crippen molar-refractivity contribution in [1.29, 1.82) is 0 Å². The number of carbonyl (C=O) groups excluding carboxylic acids is 2. The Morgan fingerprint density at radius 1 is 1.07 bits per heavy atom. The predicted molar refractivity (Wildman–Crippen MR) is 106 cm³/mol. The number of amides is 2. The summed E-state index contributed by atoms with van der Waals surface area (Å²) in [6.45, 7) is 6.32. The van der Waals surface area contributed by atoms with E-state index in [1.54, 1.807) is 23.7 Å². The molecule has 2 aromatic heterocycles. The molecule has 3 aromatic rings. The van der Waals surface area contributed by atoms with Gasteiger partial charge in [0, 0.05) is 18.7 Å². The number of rotatable bonds is 7. The van der Waals surface area contributed by atoms with Crippen LogP contribution in [0.2, 0.25) is 5.02 Å². The van der Waals surface area contributed by atoms with Crippen molar-refractivity contribution >= 4 is 23.4 Å². The van der Waals surface area contributed by atoms with Gasteiger partial charge in [0.2, 0.25) is 0 Å². The molecule has 0 radical (unpaired) electrons. The normalized spacial score (nSPS) is 10.8. The van der Waals surface area contributed by atoms with E-state index in [2.05, 4.69) is 25.9 Å². The Morgan fingerprint density at radius 2 is 1.72 bits per heavy atom. The average Bonchev–Trinajstić information content (AvgIpc) is 3.26. The van der Waals surface area contributed by atoms with Gasteiger partial charge in [-0.3, -0.25) is 14.3 Å². The van der Waals surface area contributed by atoms with Crippen molar-refractivity contribution in [2.24, 2.45) is 0 Å². The fourth-order valence-corrected chi connectivity index (χ4v) is 2.74. The highest BCUT2D eigenvalue weighted by Crippen LogP contribution is 2.19. The fourth-order valence-electron chi connectivity index (χ4n) is 2.61. The van der Waals surface area contributed by atoms with E-state index in [4.69, 9.17) is 16.1 Å². The van der Waals surface area contributed by atoms with Crippen LogP contribution in [0.25, 0.3) is 0 Å². The molecule has 0 spiro atoms. The number of benzene rings is 1. The van der Waals surface area contributed by atoms with Crippen LogP contribution in [0.5, 0.6) is 0 Å². The summed E-state index contributed by atoms with van der Waals surface area (Å²) in [5.41, 5.74) is 3.13. The molecule has 0 aliphatic heterocycles. The number of hydrogen-bond donors (Lipinski definition) is 2. The van der Waals surface area contributed by atoms with Crippen LogP contribution in [-0.2, 0) is 6.54 Å². The van der Waals surface area contributed by atoms with Crippen molar-refractivity contribution in [1.82, 2.24) is 30.6 Å². The average molecular weight is 417 g/mol. The molecule has 2 heterocycles. The molecule has 2 N–H and O–H groups in total. The highest BCUT2D eigenvalue weighted by Gasteiger charge is 2.17. The monoisotopic (exact) mass is 416 g/mol. The van der Waals surface area contributed by atoms with Crippen molar-refractivity contribution in [3.8, 4) is 0 Å². The van der Waals surface area contributed by atoms with Gasteiger partial charge >= 0.3 is 11.8 Å². The van der Waals surface area contributed by atoms with Gasteiger partial charge < -0.3 is 15.2 Å². The molecule has 0 unspecified atom stereocenters. The van der Waals surface area contributed by atoms with E-state index in [1.807, 2.05) is 26.0 Å². The second kappa shape index (κ2) is 8.87. The number of nitrogens with one attached hydrogen (secondary N) is 2. The van der Waals surface area contributed by atoms with E-state index < -0.39 is 5.91 Å². The largest absolute Gasteiger partial charge is 0.350 e. The smallest absolute Gasteiger partial charge is 0.316 e. The minimum absolute atomic E-state index is 0.155. The molecule has 0 aliphatic carbocycles. The Bertz CT molecular complexity index is 1030. The van der Waals surface area contributed by atoms with Crippen LogP contribution in [0.1, 0.15) is 43.8 Å². The quantitative estimate of drug-likeness (QED) is 0.569. The molecule has 152 valence electrons. The van der Waals surface area contributed by atoms with Crippen LogP contribution in [-0.4, -0.2) is 44.8 Å². The van der Waals surface area contributed by atoms with Crippen molar-refractivity contribution in [3.63, 3.8) is 0 Å². The Kier molecular flexibility index (Phi) is 6.28. The van der Waals surface area contributed by atoms with Gasteiger partial charge in [-0.15, -0.1) is 0 Å². The van der Waals surface area contributed by atoms with E-state index in [0.717, 1.165) is 11.3 Å². The van der Waals surface area contributed by atoms with Crippen molar-refractivity contribution in [2.75, 3.05) is 13.1 Å². The highest BCUT2D eigenvalue weighted by molar-refractivity contribution is 6.31. The number of aromatic nitrogens is 4. The van der Waals surface area contributed by atoms with Crippen LogP contribution in [0.15, 0.2) is 28.8 Å². The van der Waals surface area contributed by atoms with Crippen LogP contribution < -0.4 is 10.6 Å². The summed E-state index contributed by atoms with van der Waals surface area (Å²) >= 11 is 6.12. The lowest BCUT2D eigenvalue weighted by Gasteiger charge is -2.06. The lowest BCUT2D eigenvalue weighted by atomic mass is 10.1. The predicted octanol–water partition coefficient (Wildman–Crippen LogP) is 2.05. The second-order valence-electron chi connectivity index (χ2n) is 6.54. The molecule has 0 aliphatic rings. The lowest BCUT2D eigenvalue weighted by molar-refractivity contribution is 0.0898. The van der Waals surface area contributed by atoms with Crippen LogP contribution >= 0.6 is 11.6 Å². The topological polar surface area (TPSA) is 115 Å². The van der Waals surface area contributed by atoms with Gasteiger partial charge in [-0.05, 0) is 32.9 Å². The molecule has 1 aromatic carbocycles. The molecule has 0 fully saturated rings. The molecule has 0 saturated heterocycles. The molecule has 0 atom stereocenters. The summed E-state index contributed by atoms with van der Waals surface area (Å²) in [6.07, 6.45) is 0. The van der Waals surface area contributed by atoms with Gasteiger partial charge in [0.25, 0.3) is 5.91 Å². The first-order chi connectivity index (χ1) is 13.8. The summed E-state index contributed by atoms with van der Waals surface area (Å²) in [7, 11) is 0. The zero-order valence-electron chi connectivity index (χ0n) is 16.3. The Balaban J connectivity index is 1.47. The minimum atomic E-state index is -0.514. The van der Waals surface area contributed by atoms with Crippen molar-refractivity contribution < 1.29 is 14.1 Å². The molecule has 10 heteroatoms. The van der Waals surface area contributed by atoms with Crippen LogP contribution in [0.4, 0.5) is 0 Å². The van der Waals surface area contributed by atoms with Gasteiger partial charge in [-0.25, -0.2) is 0 Å². The fraction of sp³-hybridized carbons (Fsp3) is 0.316. The van der Waals surface area contributed by atoms with E-state index in [1.165, 1.54) is 0 Å². The molecule has 29 heavy (non-hydrogen) atoms. The molecule has 9 nitrogen and oxygen atoms in total. The summed E-state index contributed by atoms with van der Waals surface area (Å²) < 4.78 is 6.64. The van der Waals surface area contributed by atoms with E-state index >= 15 is 0 Å². The molecular formula is C19H21ClN6O3. The zero-order valence-corrected chi connectivity index (χ0v) is 17.1. The number of nitrogens with zero attached hydrogens (tertiary/aromatic N) is 4. The molecule has 3 rings (SSSR count). The SMILES string of the molecule is Cc1ccc(C(=O)NCCNC(=O)c2nc(Cn3nc(C)c(Cl)c3C)no2)cc1. The van der Waals surface area contributed by atoms with Crippen LogP contribution in [0.3, 0.4) is 0 Å². The first-order valence-corrected chi connectivity index (χ1v) is 9.38. The zero-order chi connectivity index (χ0) is 21.0. The van der Waals surface area contributed by atoms with Gasteiger partial charge in [0.05, 0.1) is 16.4 Å². The van der Waals surface area contributed by atoms with Gasteiger partial charge in [-0.2, -0.15) is 10.1 Å². The van der Waals surface area contributed by atoms with E-state index in [-0.39, 0.29) is 31.4 Å². The number of carbonyl (C=O) groups is 2. The third kappa shape index (κ3) is 5.00. The third-order valence-electron chi connectivity index (χ3n) is 4.26. The first kappa shape index (κ1) is 20.5. The maximum Gasteiger partial charge on any atom is 0.316 e. The van der Waals surface area contributed by atoms with Gasteiger partial charge in [0.15, 0.2) is 5.82 Å². The molecule has 0 saturated carbocycles. The Labute approximate surface area is 172 Å². The van der Waals surface area contributed by atoms with Crippen LogP contribution in [0, 0.1) is 20.8 Å². The molecular weight excluding hydrogens is 396 g/mol. The Morgan fingerprint density at radius 3 is 2.34 bits per heavy atom. The lowest BCUT2D eigenvalue weighted by Crippen LogP contribution is -2.34. The van der Waals surface area contributed by atoms with Gasteiger partial charge in [-0.1, -0.05) is 34.5 Å². The van der Waals surface area contributed by atoms with E-state index in [9.17, 15) is 9.59 Å². The summed E-state index contributed by atoms with van der Waals surface area (Å²) in [5.74, 6) is -0.565. The number of halogens is 1. The first-order valence-electron chi connectivity index (χ1n) is 9.00. The summed E-state index contributed by atoms with van der Waals surface area (Å²) in [5, 5.41) is 14.0. The highest BCUT2D eigenvalue weighted by atomic mass is 35.5. The molecule has 2 amide bonds. The summed E-state index contributed by atoms with van der Waals surface area (Å²) in [6, 6.07) is 7.23. The number of aryl methyl sites for hydroxylation is 2.